The monoisotopic (exact) mass is 368 g/mol. The average Bonchev–Trinajstić information content (AvgIpc) is 3.16. The van der Waals surface area contributed by atoms with Crippen LogP contribution in [-0.2, 0) is 33.3 Å². The van der Waals surface area contributed by atoms with Crippen molar-refractivity contribution in [3.63, 3.8) is 0 Å². The highest BCUT2D eigenvalue weighted by atomic mass is 16.6. The van der Waals surface area contributed by atoms with Crippen molar-refractivity contribution in [2.45, 2.75) is 51.6 Å². The molecule has 0 N–H and O–H groups in total. The van der Waals surface area contributed by atoms with E-state index in [1.54, 1.807) is 13.0 Å². The highest BCUT2D eigenvalue weighted by Crippen LogP contribution is 2.55. The molecule has 0 aromatic rings. The molecular weight excluding hydrogens is 340 g/mol. The topological polar surface area (TPSA) is 88.1 Å². The molecule has 7 heteroatoms. The molecule has 1 heterocycles. The van der Waals surface area contributed by atoms with Gasteiger partial charge in [0.2, 0.25) is 0 Å². The summed E-state index contributed by atoms with van der Waals surface area (Å²) in [5, 5.41) is 0. The standard InChI is InChI=1S/C19H28O7/c1-3-14-13-19(14,17(21)23-4-2)18(22)26-12-6-11-25-16(20)9-8-15-7-5-10-24-15/h3,14-15H,1,4-13H2,2H3. The summed E-state index contributed by atoms with van der Waals surface area (Å²) in [6.45, 7) is 6.56. The fourth-order valence-electron chi connectivity index (χ4n) is 3.15. The first-order valence-corrected chi connectivity index (χ1v) is 9.28. The molecule has 2 aliphatic rings. The van der Waals surface area contributed by atoms with Crippen LogP contribution in [0.3, 0.4) is 0 Å². The highest BCUT2D eigenvalue weighted by molar-refractivity contribution is 6.04. The van der Waals surface area contributed by atoms with E-state index in [9.17, 15) is 14.4 Å². The van der Waals surface area contributed by atoms with Crippen molar-refractivity contribution >= 4 is 17.9 Å². The van der Waals surface area contributed by atoms with Crippen LogP contribution in [0.1, 0.15) is 45.4 Å². The predicted molar refractivity (Wildman–Crippen MR) is 92.1 cm³/mol. The van der Waals surface area contributed by atoms with E-state index < -0.39 is 17.4 Å². The SMILES string of the molecule is C=CC1CC1(C(=O)OCC)C(=O)OCCCOC(=O)CCC1CCCO1. The normalized spacial score (nSPS) is 26.8. The summed E-state index contributed by atoms with van der Waals surface area (Å²) < 4.78 is 20.8. The fourth-order valence-corrected chi connectivity index (χ4v) is 3.15. The first-order valence-electron chi connectivity index (χ1n) is 9.28. The van der Waals surface area contributed by atoms with E-state index >= 15 is 0 Å². The summed E-state index contributed by atoms with van der Waals surface area (Å²) in [4.78, 5) is 36.0. The predicted octanol–water partition coefficient (Wildman–Crippen LogP) is 2.18. The maximum absolute atomic E-state index is 12.3. The molecule has 0 amide bonds. The quantitative estimate of drug-likeness (QED) is 0.182. The Morgan fingerprint density at radius 1 is 1.19 bits per heavy atom. The minimum absolute atomic E-state index is 0.0862. The van der Waals surface area contributed by atoms with Gasteiger partial charge in [0.1, 0.15) is 0 Å². The number of hydrogen-bond acceptors (Lipinski definition) is 7. The van der Waals surface area contributed by atoms with Crippen LogP contribution < -0.4 is 0 Å². The molecule has 1 aliphatic carbocycles. The van der Waals surface area contributed by atoms with Crippen LogP contribution in [0.5, 0.6) is 0 Å². The lowest BCUT2D eigenvalue weighted by atomic mass is 10.0. The summed E-state index contributed by atoms with van der Waals surface area (Å²) in [6, 6.07) is 0. The molecule has 1 aliphatic heterocycles. The van der Waals surface area contributed by atoms with E-state index in [4.69, 9.17) is 18.9 Å². The number of allylic oxidation sites excluding steroid dienone is 1. The molecule has 2 fully saturated rings. The fraction of sp³-hybridized carbons (Fsp3) is 0.737. The van der Waals surface area contributed by atoms with E-state index in [-0.39, 0.29) is 37.8 Å². The van der Waals surface area contributed by atoms with Gasteiger partial charge < -0.3 is 18.9 Å². The molecular formula is C19H28O7. The zero-order valence-corrected chi connectivity index (χ0v) is 15.4. The van der Waals surface area contributed by atoms with Gasteiger partial charge in [-0.05, 0) is 32.6 Å². The van der Waals surface area contributed by atoms with E-state index in [0.29, 0.717) is 25.7 Å². The number of carbonyl (C=O) groups is 3. The van der Waals surface area contributed by atoms with Crippen LogP contribution in [0.4, 0.5) is 0 Å². The number of esters is 3. The number of rotatable bonds is 11. The van der Waals surface area contributed by atoms with Gasteiger partial charge in [0.05, 0.1) is 25.9 Å². The second-order valence-electron chi connectivity index (χ2n) is 6.62. The summed E-state index contributed by atoms with van der Waals surface area (Å²) in [5.74, 6) is -1.67. The Morgan fingerprint density at radius 2 is 1.92 bits per heavy atom. The molecule has 146 valence electrons. The van der Waals surface area contributed by atoms with Crippen LogP contribution in [0, 0.1) is 11.3 Å². The van der Waals surface area contributed by atoms with Gasteiger partial charge in [0.15, 0.2) is 5.41 Å². The van der Waals surface area contributed by atoms with Crippen LogP contribution >= 0.6 is 0 Å². The lowest BCUT2D eigenvalue weighted by molar-refractivity contribution is -0.165. The minimum Gasteiger partial charge on any atom is -0.466 e. The summed E-state index contributed by atoms with van der Waals surface area (Å²) in [6.07, 6.45) is 5.55. The number of hydrogen-bond donors (Lipinski definition) is 0. The molecule has 0 aromatic heterocycles. The van der Waals surface area contributed by atoms with E-state index in [2.05, 4.69) is 6.58 Å². The van der Waals surface area contributed by atoms with Crippen molar-refractivity contribution in [3.05, 3.63) is 12.7 Å². The van der Waals surface area contributed by atoms with Gasteiger partial charge in [-0.3, -0.25) is 14.4 Å². The Labute approximate surface area is 154 Å². The average molecular weight is 368 g/mol. The van der Waals surface area contributed by atoms with Crippen LogP contribution in [0.25, 0.3) is 0 Å². The Balaban J connectivity index is 1.61. The smallest absolute Gasteiger partial charge is 0.324 e. The second kappa shape index (κ2) is 9.71. The van der Waals surface area contributed by atoms with Gasteiger partial charge >= 0.3 is 17.9 Å². The molecule has 3 unspecified atom stereocenters. The second-order valence-corrected chi connectivity index (χ2v) is 6.62. The van der Waals surface area contributed by atoms with Crippen molar-refractivity contribution < 1.29 is 33.3 Å². The summed E-state index contributed by atoms with van der Waals surface area (Å²) in [7, 11) is 0. The first kappa shape index (κ1) is 20.4. The Morgan fingerprint density at radius 3 is 2.54 bits per heavy atom. The molecule has 0 bridgehead atoms. The summed E-state index contributed by atoms with van der Waals surface area (Å²) in [5.41, 5.74) is -1.24. The van der Waals surface area contributed by atoms with Crippen LogP contribution in [0.2, 0.25) is 0 Å². The van der Waals surface area contributed by atoms with E-state index in [1.807, 2.05) is 0 Å². The Hall–Kier alpha value is -1.89. The van der Waals surface area contributed by atoms with Crippen LogP contribution in [-0.4, -0.2) is 50.4 Å². The third kappa shape index (κ3) is 5.06. The third-order valence-corrected chi connectivity index (χ3v) is 4.78. The molecule has 1 saturated carbocycles. The number of ether oxygens (including phenoxy) is 4. The van der Waals surface area contributed by atoms with Gasteiger partial charge in [-0.1, -0.05) is 6.08 Å². The van der Waals surface area contributed by atoms with Gasteiger partial charge in [-0.2, -0.15) is 0 Å². The highest BCUT2D eigenvalue weighted by Gasteiger charge is 2.67. The molecule has 0 spiro atoms. The van der Waals surface area contributed by atoms with Gasteiger partial charge in [-0.25, -0.2) is 0 Å². The largest absolute Gasteiger partial charge is 0.466 e. The summed E-state index contributed by atoms with van der Waals surface area (Å²) >= 11 is 0. The zero-order chi connectivity index (χ0) is 19.0. The van der Waals surface area contributed by atoms with Crippen molar-refractivity contribution in [2.24, 2.45) is 11.3 Å². The van der Waals surface area contributed by atoms with Crippen molar-refractivity contribution in [2.75, 3.05) is 26.4 Å². The van der Waals surface area contributed by atoms with Crippen molar-refractivity contribution in [1.29, 1.82) is 0 Å². The van der Waals surface area contributed by atoms with E-state index in [1.165, 1.54) is 0 Å². The van der Waals surface area contributed by atoms with Crippen LogP contribution in [0.15, 0.2) is 12.7 Å². The Bertz CT molecular complexity index is 524. The first-order chi connectivity index (χ1) is 12.5. The maximum Gasteiger partial charge on any atom is 0.324 e. The minimum atomic E-state index is -1.24. The van der Waals surface area contributed by atoms with Gasteiger partial charge in [0, 0.05) is 25.4 Å². The van der Waals surface area contributed by atoms with Gasteiger partial charge in [-0.15, -0.1) is 6.58 Å². The Kier molecular flexibility index (Phi) is 7.63. The third-order valence-electron chi connectivity index (χ3n) is 4.78. The lowest BCUT2D eigenvalue weighted by Crippen LogP contribution is -2.32. The molecule has 26 heavy (non-hydrogen) atoms. The molecule has 2 rings (SSSR count). The molecule has 0 aromatic carbocycles. The maximum atomic E-state index is 12.3. The van der Waals surface area contributed by atoms with Gasteiger partial charge in [0.25, 0.3) is 0 Å². The lowest BCUT2D eigenvalue weighted by Gasteiger charge is -2.14. The molecule has 1 saturated heterocycles. The zero-order valence-electron chi connectivity index (χ0n) is 15.4. The molecule has 7 nitrogen and oxygen atoms in total. The molecule has 3 atom stereocenters. The number of carbonyl (C=O) groups excluding carboxylic acids is 3. The molecule has 0 radical (unpaired) electrons. The van der Waals surface area contributed by atoms with Crippen molar-refractivity contribution in [3.8, 4) is 0 Å². The van der Waals surface area contributed by atoms with E-state index in [0.717, 1.165) is 19.4 Å². The van der Waals surface area contributed by atoms with Crippen molar-refractivity contribution in [1.82, 2.24) is 0 Å².